The lowest BCUT2D eigenvalue weighted by Crippen LogP contribution is -2.28. The maximum absolute atomic E-state index is 12.9. The lowest BCUT2D eigenvalue weighted by molar-refractivity contribution is -0.137. The Kier molecular flexibility index (Phi) is 6.34. The summed E-state index contributed by atoms with van der Waals surface area (Å²) in [6.45, 7) is 0.278. The van der Waals surface area contributed by atoms with Crippen LogP contribution in [0.25, 0.3) is 0 Å². The number of nitrogens with one attached hydrogen (secondary N) is 1. The van der Waals surface area contributed by atoms with Crippen LogP contribution in [0.15, 0.2) is 50.8 Å². The lowest BCUT2D eigenvalue weighted by atomic mass is 10.2. The van der Waals surface area contributed by atoms with E-state index in [4.69, 9.17) is 16.0 Å². The highest BCUT2D eigenvalue weighted by Crippen LogP contribution is 2.34. The van der Waals surface area contributed by atoms with Gasteiger partial charge in [0, 0.05) is 11.3 Å². The average Bonchev–Trinajstić information content (AvgIpc) is 3.41. The number of anilines is 1. The molecule has 0 atom stereocenters. The number of aromatic nitrogens is 2. The second-order valence-electron chi connectivity index (χ2n) is 7.17. The molecule has 2 aromatic heterocycles. The number of halogens is 4. The smallest absolute Gasteiger partial charge is 0.416 e. The predicted molar refractivity (Wildman–Crippen MR) is 114 cm³/mol. The number of carbonyl (C=O) groups excluding carboxylic acids is 1. The summed E-state index contributed by atoms with van der Waals surface area (Å²) in [6, 6.07) is 6.24. The Bertz CT molecular complexity index is 1210. The van der Waals surface area contributed by atoms with Crippen LogP contribution in [0.2, 0.25) is 5.02 Å². The molecule has 0 unspecified atom stereocenters. The van der Waals surface area contributed by atoms with Crippen LogP contribution in [-0.4, -0.2) is 21.2 Å². The highest BCUT2D eigenvalue weighted by atomic mass is 35.5. The molecule has 0 aliphatic heterocycles. The molecule has 0 saturated heterocycles. The van der Waals surface area contributed by atoms with Crippen LogP contribution in [0.1, 0.15) is 29.0 Å². The Morgan fingerprint density at radius 2 is 2.09 bits per heavy atom. The van der Waals surface area contributed by atoms with E-state index in [2.05, 4.69) is 10.3 Å². The van der Waals surface area contributed by atoms with Crippen molar-refractivity contribution in [2.45, 2.75) is 37.0 Å². The summed E-state index contributed by atoms with van der Waals surface area (Å²) in [5, 5.41) is 2.86. The van der Waals surface area contributed by atoms with Gasteiger partial charge < -0.3 is 9.73 Å². The molecule has 0 bridgehead atoms. The third-order valence-electron chi connectivity index (χ3n) is 5.00. The number of fused-ring (bicyclic) bond motifs is 1. The number of hydrogen-bond donors (Lipinski definition) is 1. The maximum Gasteiger partial charge on any atom is 0.416 e. The van der Waals surface area contributed by atoms with Crippen LogP contribution in [0.3, 0.4) is 0 Å². The van der Waals surface area contributed by atoms with Crippen molar-refractivity contribution in [2.75, 3.05) is 11.1 Å². The number of furan rings is 1. The maximum atomic E-state index is 12.9. The van der Waals surface area contributed by atoms with E-state index in [9.17, 15) is 22.8 Å². The van der Waals surface area contributed by atoms with Gasteiger partial charge in [0.05, 0.1) is 34.8 Å². The number of carbonyl (C=O) groups is 1. The fourth-order valence-corrected chi connectivity index (χ4v) is 4.59. The summed E-state index contributed by atoms with van der Waals surface area (Å²) in [6.07, 6.45) is -0.716. The molecule has 0 saturated carbocycles. The predicted octanol–water partition coefficient (Wildman–Crippen LogP) is 4.78. The van der Waals surface area contributed by atoms with Crippen molar-refractivity contribution in [3.05, 3.63) is 74.7 Å². The van der Waals surface area contributed by atoms with Crippen LogP contribution in [-0.2, 0) is 30.4 Å². The molecule has 4 rings (SSSR count). The molecule has 6 nitrogen and oxygen atoms in total. The van der Waals surface area contributed by atoms with Crippen molar-refractivity contribution in [1.29, 1.82) is 0 Å². The summed E-state index contributed by atoms with van der Waals surface area (Å²) in [5.74, 6) is -0.0431. The van der Waals surface area contributed by atoms with Gasteiger partial charge in [-0.2, -0.15) is 18.2 Å². The zero-order valence-electron chi connectivity index (χ0n) is 16.5. The Labute approximate surface area is 189 Å². The molecule has 168 valence electrons. The van der Waals surface area contributed by atoms with Crippen LogP contribution in [0.4, 0.5) is 18.9 Å². The molecule has 0 spiro atoms. The molecule has 11 heteroatoms. The standard InChI is InChI=1S/C21H17ClF3N3O3S/c22-15-7-6-12(21(23,24)25)9-16(15)26-18(29)11-32-19-14-4-1-5-17(14)28(20(30)27-19)10-13-3-2-8-31-13/h2-3,6-9H,1,4-5,10-11H2,(H,26,29). The summed E-state index contributed by atoms with van der Waals surface area (Å²) in [7, 11) is 0. The number of thioether (sulfide) groups is 1. The number of rotatable bonds is 6. The van der Waals surface area contributed by atoms with Gasteiger partial charge in [0.2, 0.25) is 5.91 Å². The summed E-state index contributed by atoms with van der Waals surface area (Å²) >= 11 is 7.00. The molecule has 0 radical (unpaired) electrons. The molecule has 3 aromatic rings. The van der Waals surface area contributed by atoms with E-state index >= 15 is 0 Å². The van der Waals surface area contributed by atoms with Gasteiger partial charge in [-0.05, 0) is 49.6 Å². The van der Waals surface area contributed by atoms with Crippen molar-refractivity contribution in [2.24, 2.45) is 0 Å². The number of nitrogens with zero attached hydrogens (tertiary/aromatic N) is 2. The Balaban J connectivity index is 1.49. The first-order valence-corrected chi connectivity index (χ1v) is 11.0. The van der Waals surface area contributed by atoms with E-state index in [1.165, 1.54) is 6.26 Å². The third-order valence-corrected chi connectivity index (χ3v) is 6.35. The van der Waals surface area contributed by atoms with E-state index in [1.54, 1.807) is 16.7 Å². The van der Waals surface area contributed by atoms with E-state index < -0.39 is 23.3 Å². The average molecular weight is 484 g/mol. The monoisotopic (exact) mass is 483 g/mol. The second kappa shape index (κ2) is 9.03. The zero-order chi connectivity index (χ0) is 22.9. The van der Waals surface area contributed by atoms with Crippen LogP contribution in [0, 0.1) is 0 Å². The number of benzene rings is 1. The van der Waals surface area contributed by atoms with E-state index in [-0.39, 0.29) is 23.0 Å². The fraction of sp³-hybridized carbons (Fsp3) is 0.286. The minimum absolute atomic E-state index is 0.00381. The van der Waals surface area contributed by atoms with Gasteiger partial charge in [0.1, 0.15) is 10.8 Å². The van der Waals surface area contributed by atoms with Crippen LogP contribution in [0.5, 0.6) is 0 Å². The normalized spacial score (nSPS) is 13.2. The number of hydrogen-bond acceptors (Lipinski definition) is 5. The van der Waals surface area contributed by atoms with Crippen molar-refractivity contribution in [3.63, 3.8) is 0 Å². The Morgan fingerprint density at radius 3 is 2.81 bits per heavy atom. The van der Waals surface area contributed by atoms with Gasteiger partial charge in [0.15, 0.2) is 0 Å². The van der Waals surface area contributed by atoms with Crippen molar-refractivity contribution >= 4 is 35.0 Å². The van der Waals surface area contributed by atoms with Crippen molar-refractivity contribution in [1.82, 2.24) is 9.55 Å². The van der Waals surface area contributed by atoms with Gasteiger partial charge in [0.25, 0.3) is 0 Å². The molecule has 1 aliphatic rings. The molecular weight excluding hydrogens is 467 g/mol. The highest BCUT2D eigenvalue weighted by molar-refractivity contribution is 8.00. The van der Waals surface area contributed by atoms with Gasteiger partial charge in [-0.25, -0.2) is 4.79 Å². The molecule has 32 heavy (non-hydrogen) atoms. The van der Waals surface area contributed by atoms with Gasteiger partial charge >= 0.3 is 11.9 Å². The van der Waals surface area contributed by atoms with E-state index in [0.717, 1.165) is 54.1 Å². The van der Waals surface area contributed by atoms with Gasteiger partial charge in [-0.15, -0.1) is 0 Å². The van der Waals surface area contributed by atoms with Crippen molar-refractivity contribution < 1.29 is 22.4 Å². The quantitative estimate of drug-likeness (QED) is 0.403. The topological polar surface area (TPSA) is 77.1 Å². The number of alkyl halides is 3. The van der Waals surface area contributed by atoms with Crippen LogP contribution >= 0.6 is 23.4 Å². The molecule has 2 heterocycles. The molecule has 0 fully saturated rings. The lowest BCUT2D eigenvalue weighted by Gasteiger charge is -2.14. The SMILES string of the molecule is O=C(CSc1nc(=O)n(Cc2ccco2)c2c1CCC2)Nc1cc(C(F)(F)F)ccc1Cl. The van der Waals surface area contributed by atoms with Crippen LogP contribution < -0.4 is 11.0 Å². The largest absolute Gasteiger partial charge is 0.467 e. The number of amides is 1. The molecule has 1 N–H and O–H groups in total. The molecular formula is C21H17ClF3N3O3S. The highest BCUT2D eigenvalue weighted by Gasteiger charge is 2.31. The van der Waals surface area contributed by atoms with Gasteiger partial charge in [-0.1, -0.05) is 23.4 Å². The second-order valence-corrected chi connectivity index (χ2v) is 8.54. The minimum atomic E-state index is -4.55. The zero-order valence-corrected chi connectivity index (χ0v) is 18.1. The van der Waals surface area contributed by atoms with E-state index in [0.29, 0.717) is 17.2 Å². The fourth-order valence-electron chi connectivity index (χ4n) is 3.54. The minimum Gasteiger partial charge on any atom is -0.467 e. The summed E-state index contributed by atoms with van der Waals surface area (Å²) in [5.41, 5.74) is 0.297. The third kappa shape index (κ3) is 4.86. The first-order valence-electron chi connectivity index (χ1n) is 9.67. The Hall–Kier alpha value is -2.72. The Morgan fingerprint density at radius 1 is 1.28 bits per heavy atom. The molecule has 1 amide bonds. The first kappa shape index (κ1) is 22.5. The summed E-state index contributed by atoms with van der Waals surface area (Å²) in [4.78, 5) is 29.1. The summed E-state index contributed by atoms with van der Waals surface area (Å²) < 4.78 is 45.7. The first-order chi connectivity index (χ1) is 15.2. The molecule has 1 aromatic carbocycles. The van der Waals surface area contributed by atoms with E-state index in [1.807, 2.05) is 0 Å². The van der Waals surface area contributed by atoms with Gasteiger partial charge in [-0.3, -0.25) is 9.36 Å². The molecule has 1 aliphatic carbocycles. The van der Waals surface area contributed by atoms with Crippen molar-refractivity contribution in [3.8, 4) is 0 Å².